The summed E-state index contributed by atoms with van der Waals surface area (Å²) >= 11 is 0. The predicted octanol–water partition coefficient (Wildman–Crippen LogP) is 5.66. The van der Waals surface area contributed by atoms with Crippen molar-refractivity contribution in [3.63, 3.8) is 0 Å². The van der Waals surface area contributed by atoms with Crippen LogP contribution in [0.5, 0.6) is 5.75 Å². The van der Waals surface area contributed by atoms with Gasteiger partial charge in [0.15, 0.2) is 0 Å². The summed E-state index contributed by atoms with van der Waals surface area (Å²) in [5, 5.41) is 6.19. The second kappa shape index (κ2) is 14.3. The van der Waals surface area contributed by atoms with Gasteiger partial charge in [-0.3, -0.25) is 14.5 Å². The van der Waals surface area contributed by atoms with Gasteiger partial charge in [-0.1, -0.05) is 68.5 Å². The molecule has 0 heterocycles. The highest BCUT2D eigenvalue weighted by Crippen LogP contribution is 2.21. The van der Waals surface area contributed by atoms with Gasteiger partial charge in [0.1, 0.15) is 18.4 Å². The van der Waals surface area contributed by atoms with E-state index in [1.54, 1.807) is 0 Å². The van der Waals surface area contributed by atoms with Crippen molar-refractivity contribution in [2.24, 2.45) is 5.92 Å². The highest BCUT2D eigenvalue weighted by Gasteiger charge is 2.32. The van der Waals surface area contributed by atoms with E-state index in [2.05, 4.69) is 41.5 Å². The van der Waals surface area contributed by atoms with Crippen LogP contribution in [-0.4, -0.2) is 47.4 Å². The van der Waals surface area contributed by atoms with E-state index in [1.807, 2.05) is 82.4 Å². The van der Waals surface area contributed by atoms with Crippen molar-refractivity contribution in [1.82, 2.24) is 15.5 Å². The number of amides is 2. The molecule has 0 spiro atoms. The van der Waals surface area contributed by atoms with Gasteiger partial charge >= 0.3 is 0 Å². The molecule has 6 nitrogen and oxygen atoms in total. The number of hydrogen-bond acceptors (Lipinski definition) is 4. The molecule has 2 amide bonds. The van der Waals surface area contributed by atoms with Gasteiger partial charge in [0.2, 0.25) is 11.8 Å². The first-order chi connectivity index (χ1) is 18.5. The zero-order valence-electron chi connectivity index (χ0n) is 24.6. The maximum absolute atomic E-state index is 13.7. The molecule has 1 aliphatic carbocycles. The molecule has 0 aliphatic heterocycles. The van der Waals surface area contributed by atoms with Gasteiger partial charge < -0.3 is 15.4 Å². The van der Waals surface area contributed by atoms with Crippen LogP contribution in [0, 0.1) is 5.92 Å². The molecular weight excluding hydrogens is 486 g/mol. The van der Waals surface area contributed by atoms with Crippen molar-refractivity contribution in [3.8, 4) is 5.75 Å². The number of allylic oxidation sites excluding steroid dienone is 1. The Bertz CT molecular complexity index is 1070. The molecule has 3 atom stereocenters. The molecule has 3 unspecified atom stereocenters. The fourth-order valence-corrected chi connectivity index (χ4v) is 4.90. The number of nitrogens with zero attached hydrogens (tertiary/aromatic N) is 1. The molecule has 2 aromatic rings. The van der Waals surface area contributed by atoms with Crippen LogP contribution in [0.3, 0.4) is 0 Å². The number of nitrogens with one attached hydrogen (secondary N) is 2. The van der Waals surface area contributed by atoms with E-state index in [1.165, 1.54) is 0 Å². The van der Waals surface area contributed by atoms with Crippen molar-refractivity contribution in [2.45, 2.75) is 97.0 Å². The van der Waals surface area contributed by atoms with Crippen molar-refractivity contribution >= 4 is 11.8 Å². The SMILES string of the molecule is CC(C)CC(C(=O)NC(Cc1ccc(OCc2ccccc2)cc1)C(=O)NC(C)(C)C)N(C)C1C=CCCC1. The lowest BCUT2D eigenvalue weighted by molar-refractivity contribution is -0.133. The van der Waals surface area contributed by atoms with Crippen LogP contribution in [0.1, 0.15) is 71.4 Å². The second-order valence-electron chi connectivity index (χ2n) is 12.2. The fraction of sp³-hybridized carbons (Fsp3) is 0.515. The molecule has 1 aliphatic rings. The maximum Gasteiger partial charge on any atom is 0.243 e. The minimum Gasteiger partial charge on any atom is -0.489 e. The molecule has 0 aromatic heterocycles. The first kappa shape index (κ1) is 30.4. The number of carbonyl (C=O) groups is 2. The Morgan fingerprint density at radius 1 is 1.00 bits per heavy atom. The minimum absolute atomic E-state index is 0.0953. The molecule has 0 bridgehead atoms. The van der Waals surface area contributed by atoms with Gasteiger partial charge in [0.25, 0.3) is 0 Å². The Kier molecular flexibility index (Phi) is 11.2. The molecule has 3 rings (SSSR count). The van der Waals surface area contributed by atoms with Gasteiger partial charge in [0, 0.05) is 18.0 Å². The third-order valence-electron chi connectivity index (χ3n) is 6.98. The standard InChI is InChI=1S/C33H47N3O3/c1-24(2)21-30(36(6)27-15-11-8-12-16-27)32(38)34-29(31(37)35-33(3,4)5)22-25-17-19-28(20-18-25)39-23-26-13-9-7-10-14-26/h7,9-11,13-15,17-20,24,27,29-30H,8,12,16,21-23H2,1-6H3,(H,34,38)(H,35,37). The predicted molar refractivity (Wildman–Crippen MR) is 159 cm³/mol. The van der Waals surface area contributed by atoms with Crippen LogP contribution in [0.15, 0.2) is 66.7 Å². The van der Waals surface area contributed by atoms with Crippen LogP contribution in [0.4, 0.5) is 0 Å². The molecule has 0 radical (unpaired) electrons. The Labute approximate surface area is 235 Å². The zero-order chi connectivity index (χ0) is 28.4. The van der Waals surface area contributed by atoms with E-state index in [4.69, 9.17) is 4.74 Å². The molecule has 0 saturated heterocycles. The monoisotopic (exact) mass is 533 g/mol. The van der Waals surface area contributed by atoms with E-state index in [9.17, 15) is 9.59 Å². The van der Waals surface area contributed by atoms with E-state index >= 15 is 0 Å². The van der Waals surface area contributed by atoms with Crippen molar-refractivity contribution < 1.29 is 14.3 Å². The molecule has 6 heteroatoms. The smallest absolute Gasteiger partial charge is 0.243 e. The van der Waals surface area contributed by atoms with Gasteiger partial charge in [-0.2, -0.15) is 0 Å². The Hall–Kier alpha value is -3.12. The highest BCUT2D eigenvalue weighted by molar-refractivity contribution is 5.90. The molecule has 0 fully saturated rings. The average molecular weight is 534 g/mol. The Morgan fingerprint density at radius 3 is 2.28 bits per heavy atom. The summed E-state index contributed by atoms with van der Waals surface area (Å²) in [6.07, 6.45) is 8.82. The van der Waals surface area contributed by atoms with Crippen LogP contribution >= 0.6 is 0 Å². The van der Waals surface area contributed by atoms with Crippen LogP contribution in [0.2, 0.25) is 0 Å². The number of rotatable bonds is 12. The molecule has 212 valence electrons. The summed E-state index contributed by atoms with van der Waals surface area (Å²) in [6.45, 7) is 10.6. The van der Waals surface area contributed by atoms with Crippen LogP contribution in [0.25, 0.3) is 0 Å². The molecule has 2 N–H and O–H groups in total. The third-order valence-corrected chi connectivity index (χ3v) is 6.98. The van der Waals surface area contributed by atoms with Gasteiger partial charge in [-0.25, -0.2) is 0 Å². The summed E-state index contributed by atoms with van der Waals surface area (Å²) in [4.78, 5) is 29.3. The Balaban J connectivity index is 1.73. The van der Waals surface area contributed by atoms with E-state index in [0.29, 0.717) is 18.9 Å². The second-order valence-corrected chi connectivity index (χ2v) is 12.2. The van der Waals surface area contributed by atoms with Gasteiger partial charge in [-0.05, 0) is 82.7 Å². The van der Waals surface area contributed by atoms with Crippen molar-refractivity contribution in [2.75, 3.05) is 7.05 Å². The van der Waals surface area contributed by atoms with Crippen LogP contribution in [-0.2, 0) is 22.6 Å². The lowest BCUT2D eigenvalue weighted by Crippen LogP contribution is -2.57. The minimum atomic E-state index is -0.683. The topological polar surface area (TPSA) is 70.7 Å². The summed E-state index contributed by atoms with van der Waals surface area (Å²) in [5.41, 5.74) is 1.66. The lowest BCUT2D eigenvalue weighted by atomic mass is 9.95. The summed E-state index contributed by atoms with van der Waals surface area (Å²) in [7, 11) is 2.03. The van der Waals surface area contributed by atoms with Gasteiger partial charge in [0.05, 0.1) is 6.04 Å². The highest BCUT2D eigenvalue weighted by atomic mass is 16.5. The quantitative estimate of drug-likeness (QED) is 0.345. The fourth-order valence-electron chi connectivity index (χ4n) is 4.90. The van der Waals surface area contributed by atoms with Gasteiger partial charge in [-0.15, -0.1) is 0 Å². The normalized spacial score (nSPS) is 17.1. The summed E-state index contributed by atoms with van der Waals surface area (Å²) < 4.78 is 5.92. The average Bonchev–Trinajstić information content (AvgIpc) is 2.90. The third kappa shape index (κ3) is 10.2. The first-order valence-corrected chi connectivity index (χ1v) is 14.3. The number of benzene rings is 2. The number of likely N-dealkylation sites (N-methyl/N-ethyl adjacent to an activating group) is 1. The van der Waals surface area contributed by atoms with Crippen LogP contribution < -0.4 is 15.4 Å². The molecule has 39 heavy (non-hydrogen) atoms. The zero-order valence-corrected chi connectivity index (χ0v) is 24.6. The van der Waals surface area contributed by atoms with E-state index < -0.39 is 11.6 Å². The summed E-state index contributed by atoms with van der Waals surface area (Å²) in [6, 6.07) is 17.1. The van der Waals surface area contributed by atoms with Crippen molar-refractivity contribution in [3.05, 3.63) is 77.9 Å². The largest absolute Gasteiger partial charge is 0.489 e. The number of carbonyl (C=O) groups excluding carboxylic acids is 2. The molecule has 0 saturated carbocycles. The number of ether oxygens (including phenoxy) is 1. The number of hydrogen-bond donors (Lipinski definition) is 2. The maximum atomic E-state index is 13.7. The lowest BCUT2D eigenvalue weighted by Gasteiger charge is -2.36. The Morgan fingerprint density at radius 2 is 1.69 bits per heavy atom. The van der Waals surface area contributed by atoms with Crippen molar-refractivity contribution in [1.29, 1.82) is 0 Å². The van der Waals surface area contributed by atoms with E-state index in [0.717, 1.165) is 42.6 Å². The first-order valence-electron chi connectivity index (χ1n) is 14.3. The summed E-state index contributed by atoms with van der Waals surface area (Å²) in [5.74, 6) is 0.841. The molecule has 2 aromatic carbocycles. The molecular formula is C33H47N3O3. The van der Waals surface area contributed by atoms with E-state index in [-0.39, 0.29) is 23.9 Å².